The van der Waals surface area contributed by atoms with Crippen molar-refractivity contribution in [2.45, 2.75) is 128 Å². The second-order valence-corrected chi connectivity index (χ2v) is 16.5. The van der Waals surface area contributed by atoms with Crippen molar-refractivity contribution in [3.63, 3.8) is 0 Å². The zero-order chi connectivity index (χ0) is 40.3. The molecule has 1 N–H and O–H groups in total. The first-order valence-corrected chi connectivity index (χ1v) is 22.4. The predicted octanol–water partition coefficient (Wildman–Crippen LogP) is 10.6. The molecule has 4 rings (SSSR count). The van der Waals surface area contributed by atoms with Crippen molar-refractivity contribution in [1.82, 2.24) is 10.2 Å². The zero-order valence-electron chi connectivity index (χ0n) is 34.1. The summed E-state index contributed by atoms with van der Waals surface area (Å²) in [5, 5.41) is 3.17. The van der Waals surface area contributed by atoms with E-state index in [-0.39, 0.29) is 16.7 Å². The fourth-order valence-electron chi connectivity index (χ4n) is 6.83. The van der Waals surface area contributed by atoms with Crippen molar-refractivity contribution in [3.05, 3.63) is 114 Å². The van der Waals surface area contributed by atoms with Gasteiger partial charge in [0.2, 0.25) is 11.8 Å². The second kappa shape index (κ2) is 26.7. The summed E-state index contributed by atoms with van der Waals surface area (Å²) in [6.45, 7) is 6.92. The van der Waals surface area contributed by atoms with E-state index in [2.05, 4.69) is 61.1 Å². The van der Waals surface area contributed by atoms with Gasteiger partial charge in [-0.15, -0.1) is 0 Å². The predicted molar refractivity (Wildman–Crippen MR) is 229 cm³/mol. The van der Waals surface area contributed by atoms with Crippen LogP contribution in [0.3, 0.4) is 0 Å². The van der Waals surface area contributed by atoms with Crippen LogP contribution < -0.4 is 5.32 Å². The van der Waals surface area contributed by atoms with Crippen LogP contribution in [0.5, 0.6) is 0 Å². The Kier molecular flexibility index (Phi) is 22.1. The number of amides is 2. The highest BCUT2D eigenvalue weighted by molar-refractivity contribution is 7.85. The van der Waals surface area contributed by atoms with Crippen molar-refractivity contribution in [2.24, 2.45) is 0 Å². The number of carbonyl (C=O) groups is 2. The Morgan fingerprint density at radius 2 is 1.23 bits per heavy atom. The first-order valence-electron chi connectivity index (χ1n) is 21.0. The first kappa shape index (κ1) is 46.3. The lowest BCUT2D eigenvalue weighted by Crippen LogP contribution is -2.48. The van der Waals surface area contributed by atoms with E-state index in [1.165, 1.54) is 82.8 Å². The molecule has 306 valence electrons. The maximum absolute atomic E-state index is 12.7. The molecule has 56 heavy (non-hydrogen) atoms. The van der Waals surface area contributed by atoms with Crippen molar-refractivity contribution >= 4 is 34.1 Å². The minimum Gasteiger partial charge on any atom is -0.744 e. The van der Waals surface area contributed by atoms with Crippen LogP contribution in [0.4, 0.5) is 0 Å². The molecule has 0 spiro atoms. The molecule has 0 unspecified atom stereocenters. The Bertz CT molecular complexity index is 1640. The fourth-order valence-corrected chi connectivity index (χ4v) is 7.30. The number of likely N-dealkylation sites (tertiary alicyclic amines) is 1. The van der Waals surface area contributed by atoms with Crippen LogP contribution in [0.2, 0.25) is 0 Å². The van der Waals surface area contributed by atoms with Gasteiger partial charge in [0.05, 0.1) is 11.4 Å². The molecule has 2 amide bonds. The van der Waals surface area contributed by atoms with Crippen LogP contribution in [0.15, 0.2) is 102 Å². The van der Waals surface area contributed by atoms with Crippen LogP contribution in [-0.2, 0) is 19.7 Å². The van der Waals surface area contributed by atoms with Gasteiger partial charge in [-0.25, -0.2) is 8.42 Å². The number of carbonyl (C=O) groups excluding carboxylic acids is 2. The van der Waals surface area contributed by atoms with E-state index in [0.29, 0.717) is 30.5 Å². The average molecular weight is 786 g/mol. The quantitative estimate of drug-likeness (QED) is 0.0523. The molecule has 9 heteroatoms. The molecule has 0 atom stereocenters. The van der Waals surface area contributed by atoms with Crippen molar-refractivity contribution < 1.29 is 27.0 Å². The number of nitrogens with zero attached hydrogens (tertiary/aromatic N) is 2. The molecule has 3 aromatic rings. The number of hydrogen-bond acceptors (Lipinski definition) is 5. The summed E-state index contributed by atoms with van der Waals surface area (Å²) in [5.74, 6) is 0.385. The highest BCUT2D eigenvalue weighted by atomic mass is 32.2. The zero-order valence-corrected chi connectivity index (χ0v) is 34.9. The van der Waals surface area contributed by atoms with Gasteiger partial charge in [-0.2, -0.15) is 0 Å². The van der Waals surface area contributed by atoms with Gasteiger partial charge in [0.25, 0.3) is 0 Å². The smallest absolute Gasteiger partial charge is 0.226 e. The molecule has 0 radical (unpaired) electrons. The Labute approximate surface area is 338 Å². The third-order valence-corrected chi connectivity index (χ3v) is 11.1. The number of hydrogen-bond donors (Lipinski definition) is 1. The summed E-state index contributed by atoms with van der Waals surface area (Å²) < 4.78 is 31.7. The lowest BCUT2D eigenvalue weighted by molar-refractivity contribution is -0.836. The van der Waals surface area contributed by atoms with E-state index in [0.717, 1.165) is 55.5 Å². The average Bonchev–Trinajstić information content (AvgIpc) is 3.60. The van der Waals surface area contributed by atoms with Crippen LogP contribution in [0.1, 0.15) is 133 Å². The Morgan fingerprint density at radius 1 is 0.732 bits per heavy atom. The van der Waals surface area contributed by atoms with Gasteiger partial charge in [-0.1, -0.05) is 162 Å². The van der Waals surface area contributed by atoms with E-state index in [1.54, 1.807) is 12.1 Å². The van der Waals surface area contributed by atoms with E-state index < -0.39 is 10.1 Å². The molecule has 1 aliphatic rings. The molecule has 8 nitrogen and oxygen atoms in total. The molecule has 1 aliphatic heterocycles. The van der Waals surface area contributed by atoms with E-state index in [1.807, 2.05) is 48.2 Å². The van der Waals surface area contributed by atoms with Crippen molar-refractivity contribution in [2.75, 3.05) is 26.3 Å². The number of aryl methyl sites for hydroxylation is 1. The fraction of sp³-hybridized carbons (Fsp3) is 0.489. The molecule has 0 bridgehead atoms. The number of nitrogens with one attached hydrogen (secondary N) is 1. The minimum absolute atomic E-state index is 0.158. The van der Waals surface area contributed by atoms with Gasteiger partial charge in [0, 0.05) is 32.4 Å². The minimum atomic E-state index is -4.27. The van der Waals surface area contributed by atoms with Gasteiger partial charge in [-0.05, 0) is 55.2 Å². The van der Waals surface area contributed by atoms with Gasteiger partial charge >= 0.3 is 0 Å². The number of rotatable bonds is 25. The monoisotopic (exact) mass is 785 g/mol. The van der Waals surface area contributed by atoms with E-state index in [4.69, 9.17) is 0 Å². The highest BCUT2D eigenvalue weighted by Gasteiger charge is 2.31. The normalized spacial score (nSPS) is 14.2. The molecule has 0 aromatic heterocycles. The lowest BCUT2D eigenvalue weighted by Gasteiger charge is -2.35. The molecule has 1 heterocycles. The second-order valence-electron chi connectivity index (χ2n) is 15.1. The summed E-state index contributed by atoms with van der Waals surface area (Å²) in [6.07, 6.45) is 28.8. The maximum Gasteiger partial charge on any atom is 0.226 e. The molecule has 3 aromatic carbocycles. The number of unbranched alkanes of at least 4 members (excludes halogenated alkanes) is 12. The summed E-state index contributed by atoms with van der Waals surface area (Å²) in [6, 6.07) is 26.4. The molecule has 1 fully saturated rings. The molecular formula is C47H67N3O5S. The topological polar surface area (TPSA) is 107 Å². The van der Waals surface area contributed by atoms with Gasteiger partial charge < -0.3 is 9.87 Å². The van der Waals surface area contributed by atoms with Crippen LogP contribution in [-0.4, -0.2) is 60.5 Å². The molecule has 1 saturated heterocycles. The number of quaternary nitrogens is 1. The summed E-state index contributed by atoms with van der Waals surface area (Å²) in [7, 11) is -4.27. The third kappa shape index (κ3) is 19.7. The Hall–Kier alpha value is -4.05. The standard InChI is InChI=1S/C40H59N3O2.C7H8O3S/c1-2-3-4-5-6-7-8-9-10-11-12-13-20-27-39(44)41-31-22-33-43(36-42-32-21-28-40(42)45,34-29-37-23-16-14-17-24-37)35-30-38-25-18-15-19-26-38;1-6-2-4-7(5-3-6)11(8,9)10/h14-19,23-26,29-30,34-35H,2-13,20-22,27-28,31-33,36H2,1H3;2-5H,1H3,(H,8,9,10). The van der Waals surface area contributed by atoms with E-state index >= 15 is 0 Å². The summed E-state index contributed by atoms with van der Waals surface area (Å²) >= 11 is 0. The van der Waals surface area contributed by atoms with Gasteiger partial charge in [-0.3, -0.25) is 19.0 Å². The maximum atomic E-state index is 12.7. The van der Waals surface area contributed by atoms with Crippen LogP contribution in [0.25, 0.3) is 12.2 Å². The Morgan fingerprint density at radius 3 is 1.70 bits per heavy atom. The molecule has 0 saturated carbocycles. The summed E-state index contributed by atoms with van der Waals surface area (Å²) in [5.41, 5.74) is 3.19. The highest BCUT2D eigenvalue weighted by Crippen LogP contribution is 2.21. The number of benzene rings is 3. The SMILES string of the molecule is CCCCCCCCCCCCCCCC(=O)NCCC[N+](C=Cc1ccccc1)(C=Cc1ccccc1)CN1CCCC1=O.Cc1ccc(S(=O)(=O)[O-])cc1. The first-order chi connectivity index (χ1) is 27.1. The van der Waals surface area contributed by atoms with Crippen LogP contribution >= 0.6 is 0 Å². The lowest BCUT2D eigenvalue weighted by atomic mass is 10.0. The summed E-state index contributed by atoms with van der Waals surface area (Å²) in [4.78, 5) is 27.1. The molecular weight excluding hydrogens is 719 g/mol. The third-order valence-electron chi connectivity index (χ3n) is 10.2. The Balaban J connectivity index is 0.000000655. The van der Waals surface area contributed by atoms with Gasteiger partial charge in [0.15, 0.2) is 6.67 Å². The van der Waals surface area contributed by atoms with Gasteiger partial charge in [0.1, 0.15) is 22.5 Å². The van der Waals surface area contributed by atoms with Crippen molar-refractivity contribution in [3.8, 4) is 0 Å². The largest absolute Gasteiger partial charge is 0.744 e. The van der Waals surface area contributed by atoms with Crippen LogP contribution in [0, 0.1) is 6.92 Å². The molecule has 0 aliphatic carbocycles. The van der Waals surface area contributed by atoms with Crippen molar-refractivity contribution in [1.29, 1.82) is 0 Å². The van der Waals surface area contributed by atoms with E-state index in [9.17, 15) is 22.6 Å².